The van der Waals surface area contributed by atoms with Crippen molar-refractivity contribution in [1.29, 1.82) is 0 Å². The highest BCUT2D eigenvalue weighted by atomic mass is 32.2. The summed E-state index contributed by atoms with van der Waals surface area (Å²) in [7, 11) is -4.52. The van der Waals surface area contributed by atoms with Gasteiger partial charge in [0, 0.05) is 12.1 Å². The number of hydrogen-bond acceptors (Lipinski definition) is 5. The Kier molecular flexibility index (Phi) is 3.07. The molecule has 0 fully saturated rings. The fraction of sp³-hybridized carbons (Fsp3) is 0. The molecule has 0 bridgehead atoms. The van der Waals surface area contributed by atoms with Gasteiger partial charge in [0.05, 0.1) is 10.6 Å². The van der Waals surface area contributed by atoms with Crippen molar-refractivity contribution < 1.29 is 17.9 Å². The van der Waals surface area contributed by atoms with Crippen LogP contribution in [0.5, 0.6) is 0 Å². The van der Waals surface area contributed by atoms with Gasteiger partial charge < -0.3 is 0 Å². The van der Waals surface area contributed by atoms with E-state index in [0.717, 1.165) is 12.1 Å². The second-order valence-electron chi connectivity index (χ2n) is 2.40. The first-order valence-electron chi connectivity index (χ1n) is 3.53. The zero-order valence-electron chi connectivity index (χ0n) is 7.14. The Balaban J connectivity index is 2.91. The summed E-state index contributed by atoms with van der Waals surface area (Å²) in [5.41, 5.74) is -0.0703. The lowest BCUT2D eigenvalue weighted by atomic mass is 10.3. The second-order valence-corrected chi connectivity index (χ2v) is 3.46. The van der Waals surface area contributed by atoms with Crippen molar-refractivity contribution >= 4 is 21.7 Å². The molecule has 1 rings (SSSR count). The van der Waals surface area contributed by atoms with E-state index in [-0.39, 0.29) is 11.4 Å². The van der Waals surface area contributed by atoms with Crippen LogP contribution in [-0.2, 0) is 10.3 Å². The van der Waals surface area contributed by atoms with Crippen LogP contribution in [0.15, 0.2) is 33.9 Å². The van der Waals surface area contributed by atoms with E-state index in [9.17, 15) is 18.5 Å². The summed E-state index contributed by atoms with van der Waals surface area (Å²) in [5.74, 6) is 0. The maximum absolute atomic E-state index is 10.2. The van der Waals surface area contributed by atoms with E-state index in [2.05, 4.69) is 9.63 Å². The molecule has 9 heteroatoms. The highest BCUT2D eigenvalue weighted by molar-refractivity contribution is 7.84. The van der Waals surface area contributed by atoms with Crippen molar-refractivity contribution in [3.05, 3.63) is 34.4 Å². The Hall–Kier alpha value is -1.87. The first-order valence-corrected chi connectivity index (χ1v) is 4.93. The van der Waals surface area contributed by atoms with E-state index in [1.54, 1.807) is 0 Å². The number of benzene rings is 1. The molecule has 0 saturated carbocycles. The molecule has 0 amide bonds. The van der Waals surface area contributed by atoms with Gasteiger partial charge in [0.1, 0.15) is 0 Å². The van der Waals surface area contributed by atoms with Crippen molar-refractivity contribution in [2.24, 2.45) is 9.63 Å². The Morgan fingerprint density at radius 2 is 1.80 bits per heavy atom. The summed E-state index contributed by atoms with van der Waals surface area (Å²) in [6, 6.07) is 4.68. The number of nitrogens with zero attached hydrogens (tertiary/aromatic N) is 3. The number of nitro groups is 1. The van der Waals surface area contributed by atoms with Crippen molar-refractivity contribution in [3.63, 3.8) is 0 Å². The highest BCUT2D eigenvalue weighted by Gasteiger charge is 2.04. The van der Waals surface area contributed by atoms with E-state index in [1.807, 2.05) is 0 Å². The Bertz CT molecular complexity index is 492. The second kappa shape index (κ2) is 4.11. The highest BCUT2D eigenvalue weighted by Crippen LogP contribution is 2.18. The van der Waals surface area contributed by atoms with Crippen molar-refractivity contribution in [2.45, 2.75) is 0 Å². The summed E-state index contributed by atoms with van der Waals surface area (Å²) in [6.07, 6.45) is 0. The van der Waals surface area contributed by atoms with Gasteiger partial charge in [0.25, 0.3) is 5.69 Å². The van der Waals surface area contributed by atoms with Gasteiger partial charge >= 0.3 is 10.3 Å². The van der Waals surface area contributed by atoms with Crippen LogP contribution in [0.25, 0.3) is 0 Å². The zero-order chi connectivity index (χ0) is 11.5. The summed E-state index contributed by atoms with van der Waals surface area (Å²) >= 11 is 0. The van der Waals surface area contributed by atoms with Crippen LogP contribution in [0.2, 0.25) is 0 Å². The van der Waals surface area contributed by atoms with Crippen LogP contribution in [0.4, 0.5) is 11.4 Å². The van der Waals surface area contributed by atoms with Crippen molar-refractivity contribution in [1.82, 2.24) is 0 Å². The van der Waals surface area contributed by atoms with E-state index < -0.39 is 15.2 Å². The molecule has 0 saturated heterocycles. The van der Waals surface area contributed by atoms with E-state index in [1.165, 1.54) is 12.1 Å². The normalized spacial score (nSPS) is 11.8. The lowest BCUT2D eigenvalue weighted by Crippen LogP contribution is -1.88. The first-order chi connectivity index (χ1) is 6.88. The van der Waals surface area contributed by atoms with Gasteiger partial charge in [-0.2, -0.15) is 8.42 Å². The summed E-state index contributed by atoms with van der Waals surface area (Å²) < 4.78 is 31.1. The number of nitro benzene ring substituents is 1. The molecule has 0 aliphatic carbocycles. The molecular weight excluding hydrogens is 226 g/mol. The van der Waals surface area contributed by atoms with Crippen LogP contribution in [0.3, 0.4) is 0 Å². The molecule has 0 heterocycles. The molecule has 1 aromatic rings. The molecule has 0 aliphatic rings. The average Bonchev–Trinajstić information content (AvgIpc) is 2.14. The molecule has 0 unspecified atom stereocenters. The Morgan fingerprint density at radius 1 is 1.27 bits per heavy atom. The molecule has 80 valence electrons. The van der Waals surface area contributed by atoms with Crippen molar-refractivity contribution in [3.8, 4) is 0 Å². The molecule has 0 aromatic heterocycles. The van der Waals surface area contributed by atoms with Crippen LogP contribution in [0, 0.1) is 10.1 Å². The smallest absolute Gasteiger partial charge is 0.267 e. The quantitative estimate of drug-likeness (QED) is 0.365. The molecule has 0 atom stereocenters. The maximum atomic E-state index is 10.2. The third-order valence-corrected chi connectivity index (χ3v) is 1.61. The standard InChI is InChI=1S/C6H5N3O5S/c10-9(11)6-3-1-5(2-4-6)7-8-15(12,13)14/h1-4H,(H,12,13,14). The number of non-ortho nitro benzene ring substituents is 1. The topological polar surface area (TPSA) is 122 Å². The van der Waals surface area contributed by atoms with Crippen LogP contribution in [-0.4, -0.2) is 17.9 Å². The molecular formula is C6H5N3O5S. The predicted molar refractivity (Wildman–Crippen MR) is 49.2 cm³/mol. The lowest BCUT2D eigenvalue weighted by Gasteiger charge is -1.91. The van der Waals surface area contributed by atoms with Gasteiger partial charge in [-0.1, -0.05) is 0 Å². The van der Waals surface area contributed by atoms with E-state index in [0.29, 0.717) is 0 Å². The van der Waals surface area contributed by atoms with Crippen molar-refractivity contribution in [2.75, 3.05) is 0 Å². The third-order valence-electron chi connectivity index (χ3n) is 1.32. The fourth-order valence-corrected chi connectivity index (χ4v) is 0.937. The zero-order valence-corrected chi connectivity index (χ0v) is 7.96. The van der Waals surface area contributed by atoms with Gasteiger partial charge in [-0.05, 0) is 16.7 Å². The first kappa shape index (κ1) is 11.2. The van der Waals surface area contributed by atoms with Crippen LogP contribution < -0.4 is 0 Å². The molecule has 0 spiro atoms. The molecule has 0 aliphatic heterocycles. The lowest BCUT2D eigenvalue weighted by molar-refractivity contribution is -0.384. The minimum Gasteiger partial charge on any atom is -0.267 e. The van der Waals surface area contributed by atoms with Gasteiger partial charge in [0.2, 0.25) is 0 Å². The Morgan fingerprint density at radius 3 is 2.20 bits per heavy atom. The molecule has 15 heavy (non-hydrogen) atoms. The predicted octanol–water partition coefficient (Wildman–Crippen LogP) is 1.48. The monoisotopic (exact) mass is 231 g/mol. The van der Waals surface area contributed by atoms with E-state index in [4.69, 9.17) is 4.55 Å². The van der Waals surface area contributed by atoms with E-state index >= 15 is 0 Å². The molecule has 1 aromatic carbocycles. The summed E-state index contributed by atoms with van der Waals surface area (Å²) in [5, 5.41) is 13.4. The maximum Gasteiger partial charge on any atom is 0.396 e. The summed E-state index contributed by atoms with van der Waals surface area (Å²) in [6.45, 7) is 0. The van der Waals surface area contributed by atoms with Crippen LogP contribution in [0.1, 0.15) is 0 Å². The number of hydrogen-bond donors (Lipinski definition) is 1. The fourth-order valence-electron chi connectivity index (χ4n) is 0.740. The molecule has 0 radical (unpaired) electrons. The third kappa shape index (κ3) is 3.79. The van der Waals surface area contributed by atoms with Gasteiger partial charge in [-0.3, -0.25) is 14.7 Å². The van der Waals surface area contributed by atoms with Gasteiger partial charge in [-0.15, -0.1) is 5.11 Å². The number of rotatable bonds is 3. The van der Waals surface area contributed by atoms with Gasteiger partial charge in [0.15, 0.2) is 0 Å². The molecule has 8 nitrogen and oxygen atoms in total. The van der Waals surface area contributed by atoms with Crippen LogP contribution >= 0.6 is 0 Å². The minimum absolute atomic E-state index is 0.0817. The largest absolute Gasteiger partial charge is 0.396 e. The SMILES string of the molecule is O=[N+]([O-])c1ccc(N=NS(=O)(=O)O)cc1. The van der Waals surface area contributed by atoms with Gasteiger partial charge in [-0.25, -0.2) is 0 Å². The Labute approximate surface area is 84.3 Å². The average molecular weight is 231 g/mol. The minimum atomic E-state index is -4.52. The summed E-state index contributed by atoms with van der Waals surface area (Å²) in [4.78, 5) is 9.64. The molecule has 1 N–H and O–H groups in total.